The van der Waals surface area contributed by atoms with Gasteiger partial charge >= 0.3 is 6.03 Å². The quantitative estimate of drug-likeness (QED) is 0.715. The summed E-state index contributed by atoms with van der Waals surface area (Å²) in [6.45, 7) is 5.47. The number of carbonyl (C=O) groups excluding carboxylic acids is 2. The van der Waals surface area contributed by atoms with E-state index in [1.807, 2.05) is 19.9 Å². The molecule has 1 fully saturated rings. The summed E-state index contributed by atoms with van der Waals surface area (Å²) < 4.78 is 12.1. The second-order valence-corrected chi connectivity index (χ2v) is 7.29. The van der Waals surface area contributed by atoms with Crippen molar-refractivity contribution in [3.63, 3.8) is 0 Å². The third-order valence-electron chi connectivity index (χ3n) is 4.64. The molecule has 3 rings (SSSR count). The zero-order valence-electron chi connectivity index (χ0n) is 15.5. The fourth-order valence-electron chi connectivity index (χ4n) is 2.75. The highest BCUT2D eigenvalue weighted by Gasteiger charge is 2.47. The molecule has 0 bridgehead atoms. The van der Waals surface area contributed by atoms with E-state index in [0.717, 1.165) is 14.9 Å². The molecule has 142 valence electrons. The molecule has 1 aliphatic rings. The minimum absolute atomic E-state index is 0.213. The Kier molecular flexibility index (Phi) is 5.10. The van der Waals surface area contributed by atoms with Crippen molar-refractivity contribution in [2.45, 2.75) is 32.7 Å². The van der Waals surface area contributed by atoms with Crippen LogP contribution in [0.25, 0.3) is 0 Å². The van der Waals surface area contributed by atoms with Gasteiger partial charge in [0.1, 0.15) is 28.6 Å². The molecule has 1 aromatic heterocycles. The number of nitrogens with one attached hydrogen (secondary N) is 1. The van der Waals surface area contributed by atoms with Crippen molar-refractivity contribution >= 4 is 33.7 Å². The fraction of sp³-hybridized carbons (Fsp3) is 0.316. The van der Waals surface area contributed by atoms with Crippen LogP contribution in [0.3, 0.4) is 0 Å². The minimum Gasteiger partial charge on any atom is -0.496 e. The lowest BCUT2D eigenvalue weighted by molar-refractivity contribution is -0.121. The van der Waals surface area contributed by atoms with Crippen LogP contribution in [0, 0.1) is 6.92 Å². The summed E-state index contributed by atoms with van der Waals surface area (Å²) in [6.07, 6.45) is 1.98. The Balaban J connectivity index is 1.90. The number of anilines is 1. The monoisotopic (exact) mass is 433 g/mol. The van der Waals surface area contributed by atoms with Crippen molar-refractivity contribution in [3.05, 3.63) is 40.5 Å². The molecule has 0 saturated carbocycles. The third-order valence-corrected chi connectivity index (χ3v) is 5.46. The number of urea groups is 1. The van der Waals surface area contributed by atoms with Crippen molar-refractivity contribution in [3.8, 4) is 17.2 Å². The number of carbonyl (C=O) groups is 2. The van der Waals surface area contributed by atoms with Gasteiger partial charge in [-0.3, -0.25) is 4.79 Å². The highest BCUT2D eigenvalue weighted by molar-refractivity contribution is 9.10. The molecule has 0 radical (unpaired) electrons. The molecule has 27 heavy (non-hydrogen) atoms. The molecule has 2 heterocycles. The van der Waals surface area contributed by atoms with E-state index < -0.39 is 11.6 Å². The van der Waals surface area contributed by atoms with Gasteiger partial charge in [0, 0.05) is 28.4 Å². The smallest absolute Gasteiger partial charge is 0.330 e. The van der Waals surface area contributed by atoms with Crippen LogP contribution >= 0.6 is 15.9 Å². The molecule has 1 aliphatic heterocycles. The molecule has 0 unspecified atom stereocenters. The predicted molar refractivity (Wildman–Crippen MR) is 104 cm³/mol. The maximum Gasteiger partial charge on any atom is 0.330 e. The number of aromatic nitrogens is 1. The van der Waals surface area contributed by atoms with Crippen molar-refractivity contribution in [1.29, 1.82) is 0 Å². The summed E-state index contributed by atoms with van der Waals surface area (Å²) in [6, 6.07) is 6.30. The Morgan fingerprint density at radius 1 is 1.26 bits per heavy atom. The number of hydrogen-bond acceptors (Lipinski definition) is 5. The number of nitrogens with zero attached hydrogens (tertiary/aromatic N) is 2. The Bertz CT molecular complexity index is 918. The first-order valence-corrected chi connectivity index (χ1v) is 9.23. The van der Waals surface area contributed by atoms with Crippen molar-refractivity contribution in [1.82, 2.24) is 10.3 Å². The zero-order valence-corrected chi connectivity index (χ0v) is 17.1. The van der Waals surface area contributed by atoms with E-state index in [1.54, 1.807) is 32.2 Å². The number of benzene rings is 1. The number of rotatable bonds is 5. The largest absolute Gasteiger partial charge is 0.496 e. The molecule has 2 aromatic rings. The highest BCUT2D eigenvalue weighted by atomic mass is 79.9. The average molecular weight is 434 g/mol. The molecule has 8 heteroatoms. The molecule has 1 aromatic carbocycles. The summed E-state index contributed by atoms with van der Waals surface area (Å²) in [5, 5.41) is 2.71. The van der Waals surface area contributed by atoms with E-state index in [1.165, 1.54) is 6.20 Å². The standard InChI is InChI=1S/C19H20BrN3O4/c1-5-19(3)17(24)23(18(25)22-19)16-10-12(6-7-21-16)27-13-8-14(20)11(2)15(9-13)26-4/h6-10H,5H2,1-4H3,(H,22,25)/t19-/m1/s1. The van der Waals surface area contributed by atoms with Crippen molar-refractivity contribution < 1.29 is 19.1 Å². The van der Waals surface area contributed by atoms with Crippen LogP contribution in [0.5, 0.6) is 17.2 Å². The molecular weight excluding hydrogens is 414 g/mol. The van der Waals surface area contributed by atoms with E-state index in [0.29, 0.717) is 23.7 Å². The van der Waals surface area contributed by atoms with Crippen LogP contribution in [-0.2, 0) is 4.79 Å². The Hall–Kier alpha value is -2.61. The topological polar surface area (TPSA) is 80.8 Å². The first-order chi connectivity index (χ1) is 12.8. The number of methoxy groups -OCH3 is 1. The van der Waals surface area contributed by atoms with Gasteiger partial charge in [0.25, 0.3) is 5.91 Å². The van der Waals surface area contributed by atoms with E-state index in [2.05, 4.69) is 26.2 Å². The van der Waals surface area contributed by atoms with Crippen LogP contribution in [-0.4, -0.2) is 29.6 Å². The van der Waals surface area contributed by atoms with E-state index >= 15 is 0 Å². The minimum atomic E-state index is -0.926. The summed E-state index contributed by atoms with van der Waals surface area (Å²) >= 11 is 3.48. The van der Waals surface area contributed by atoms with Gasteiger partial charge in [0.05, 0.1) is 7.11 Å². The van der Waals surface area contributed by atoms with Crippen LogP contribution in [0.4, 0.5) is 10.6 Å². The lowest BCUT2D eigenvalue weighted by Gasteiger charge is -2.19. The van der Waals surface area contributed by atoms with E-state index in [9.17, 15) is 9.59 Å². The number of ether oxygens (including phenoxy) is 2. The Labute approximate surface area is 165 Å². The number of hydrogen-bond donors (Lipinski definition) is 1. The van der Waals surface area contributed by atoms with Crippen LogP contribution in [0.2, 0.25) is 0 Å². The molecule has 7 nitrogen and oxygen atoms in total. The van der Waals surface area contributed by atoms with Crippen molar-refractivity contribution in [2.75, 3.05) is 12.0 Å². The molecule has 0 spiro atoms. The van der Waals surface area contributed by atoms with E-state index in [4.69, 9.17) is 9.47 Å². The van der Waals surface area contributed by atoms with Crippen molar-refractivity contribution in [2.24, 2.45) is 0 Å². The predicted octanol–water partition coefficient (Wildman–Crippen LogP) is 4.18. The summed E-state index contributed by atoms with van der Waals surface area (Å²) in [7, 11) is 1.59. The second-order valence-electron chi connectivity index (χ2n) is 6.44. The Morgan fingerprint density at radius 3 is 2.63 bits per heavy atom. The molecule has 1 saturated heterocycles. The van der Waals surface area contributed by atoms with Gasteiger partial charge < -0.3 is 14.8 Å². The maximum atomic E-state index is 12.6. The van der Waals surface area contributed by atoms with Gasteiger partial charge in [-0.25, -0.2) is 14.7 Å². The normalized spacial score (nSPS) is 19.2. The zero-order chi connectivity index (χ0) is 19.8. The lowest BCUT2D eigenvalue weighted by Crippen LogP contribution is -2.43. The Morgan fingerprint density at radius 2 is 2.00 bits per heavy atom. The van der Waals surface area contributed by atoms with Gasteiger partial charge in [-0.15, -0.1) is 0 Å². The van der Waals surface area contributed by atoms with Gasteiger partial charge in [0.15, 0.2) is 0 Å². The van der Waals surface area contributed by atoms with Crippen LogP contribution < -0.4 is 19.7 Å². The van der Waals surface area contributed by atoms with Gasteiger partial charge in [-0.05, 0) is 32.4 Å². The third kappa shape index (κ3) is 3.49. The van der Waals surface area contributed by atoms with Crippen LogP contribution in [0.1, 0.15) is 25.8 Å². The SMILES string of the molecule is CC[C@@]1(C)NC(=O)N(c2cc(Oc3cc(Br)c(C)c(OC)c3)ccn2)C1=O. The first kappa shape index (κ1) is 19.2. The molecule has 3 amide bonds. The highest BCUT2D eigenvalue weighted by Crippen LogP contribution is 2.35. The molecular formula is C19H20BrN3O4. The first-order valence-electron chi connectivity index (χ1n) is 8.44. The summed E-state index contributed by atoms with van der Waals surface area (Å²) in [5.74, 6) is 1.56. The number of imide groups is 1. The maximum absolute atomic E-state index is 12.6. The second kappa shape index (κ2) is 7.19. The molecule has 1 N–H and O–H groups in total. The lowest BCUT2D eigenvalue weighted by atomic mass is 9.99. The fourth-order valence-corrected chi connectivity index (χ4v) is 3.18. The number of pyridine rings is 1. The molecule has 0 aliphatic carbocycles. The van der Waals surface area contributed by atoms with Gasteiger partial charge in [0.2, 0.25) is 0 Å². The van der Waals surface area contributed by atoms with E-state index in [-0.39, 0.29) is 11.7 Å². The number of amides is 3. The van der Waals surface area contributed by atoms with Gasteiger partial charge in [-0.2, -0.15) is 0 Å². The summed E-state index contributed by atoms with van der Waals surface area (Å²) in [4.78, 5) is 30.1. The van der Waals surface area contributed by atoms with Crippen LogP contribution in [0.15, 0.2) is 34.9 Å². The molecule has 1 atom stereocenters. The van der Waals surface area contributed by atoms with Gasteiger partial charge in [-0.1, -0.05) is 22.9 Å². The summed E-state index contributed by atoms with van der Waals surface area (Å²) in [5.41, 5.74) is 0.0311. The number of halogens is 1. The average Bonchev–Trinajstić information content (AvgIpc) is 2.87.